The Morgan fingerprint density at radius 1 is 1.26 bits per heavy atom. The molecular formula is C17H12Cl2N2O2. The van der Waals surface area contributed by atoms with Gasteiger partial charge in [0, 0.05) is 22.7 Å². The molecule has 0 saturated carbocycles. The molecule has 0 bridgehead atoms. The summed E-state index contributed by atoms with van der Waals surface area (Å²) in [6.07, 6.45) is 6.90. The van der Waals surface area contributed by atoms with Crippen molar-refractivity contribution >= 4 is 40.7 Å². The molecule has 0 aromatic heterocycles. The fourth-order valence-electron chi connectivity index (χ4n) is 2.49. The number of nitrogens with zero attached hydrogens (tertiary/aromatic N) is 1. The molecule has 0 radical (unpaired) electrons. The predicted molar refractivity (Wildman–Crippen MR) is 90.8 cm³/mol. The SMILES string of the molecule is CC1=CC(=O)NC2=CC(=NC(=O)c3cc(Cl)ccc3Cl)C=CC12. The van der Waals surface area contributed by atoms with Crippen molar-refractivity contribution in [3.8, 4) is 0 Å². The number of fused-ring (bicyclic) bond motifs is 1. The lowest BCUT2D eigenvalue weighted by Gasteiger charge is -2.25. The van der Waals surface area contributed by atoms with E-state index in [0.29, 0.717) is 21.5 Å². The van der Waals surface area contributed by atoms with Crippen molar-refractivity contribution in [2.24, 2.45) is 10.9 Å². The van der Waals surface area contributed by atoms with Gasteiger partial charge in [-0.15, -0.1) is 0 Å². The van der Waals surface area contributed by atoms with E-state index in [1.807, 2.05) is 13.0 Å². The van der Waals surface area contributed by atoms with Gasteiger partial charge in [0.2, 0.25) is 5.91 Å². The number of rotatable bonds is 1. The van der Waals surface area contributed by atoms with Crippen LogP contribution in [0.4, 0.5) is 0 Å². The molecule has 0 fully saturated rings. The van der Waals surface area contributed by atoms with Gasteiger partial charge in [-0.2, -0.15) is 0 Å². The molecule has 23 heavy (non-hydrogen) atoms. The molecule has 1 aliphatic heterocycles. The first-order valence-electron chi connectivity index (χ1n) is 6.91. The van der Waals surface area contributed by atoms with E-state index in [0.717, 1.165) is 5.57 Å². The zero-order valence-corrected chi connectivity index (χ0v) is 13.7. The van der Waals surface area contributed by atoms with Crippen LogP contribution in [-0.2, 0) is 4.79 Å². The van der Waals surface area contributed by atoms with Crippen LogP contribution in [0, 0.1) is 5.92 Å². The van der Waals surface area contributed by atoms with Gasteiger partial charge < -0.3 is 5.32 Å². The number of amides is 2. The van der Waals surface area contributed by atoms with Gasteiger partial charge in [0.1, 0.15) is 0 Å². The van der Waals surface area contributed by atoms with Crippen LogP contribution < -0.4 is 5.32 Å². The average Bonchev–Trinajstić information content (AvgIpc) is 2.49. The zero-order chi connectivity index (χ0) is 16.6. The Hall–Kier alpha value is -2.17. The molecule has 116 valence electrons. The Bertz CT molecular complexity index is 835. The fraction of sp³-hybridized carbons (Fsp3) is 0.118. The summed E-state index contributed by atoms with van der Waals surface area (Å²) in [5, 5.41) is 3.47. The molecule has 1 atom stereocenters. The average molecular weight is 347 g/mol. The molecule has 1 N–H and O–H groups in total. The Balaban J connectivity index is 1.91. The first-order chi connectivity index (χ1) is 10.9. The van der Waals surface area contributed by atoms with Crippen LogP contribution in [0.25, 0.3) is 0 Å². The molecule has 1 unspecified atom stereocenters. The Kier molecular flexibility index (Phi) is 4.20. The molecule has 4 nitrogen and oxygen atoms in total. The lowest BCUT2D eigenvalue weighted by molar-refractivity contribution is -0.116. The summed E-state index contributed by atoms with van der Waals surface area (Å²) in [6.45, 7) is 1.89. The minimum absolute atomic E-state index is 0.0107. The van der Waals surface area contributed by atoms with E-state index < -0.39 is 5.91 Å². The minimum Gasteiger partial charge on any atom is -0.325 e. The number of nitrogens with one attached hydrogen (secondary N) is 1. The number of benzene rings is 1. The molecule has 6 heteroatoms. The van der Waals surface area contributed by atoms with E-state index in [-0.39, 0.29) is 17.4 Å². The highest BCUT2D eigenvalue weighted by Gasteiger charge is 2.24. The maximum atomic E-state index is 12.3. The van der Waals surface area contributed by atoms with E-state index in [1.54, 1.807) is 30.4 Å². The monoisotopic (exact) mass is 346 g/mol. The lowest BCUT2D eigenvalue weighted by Crippen LogP contribution is -2.32. The maximum Gasteiger partial charge on any atom is 0.279 e. The van der Waals surface area contributed by atoms with Crippen LogP contribution in [0.3, 0.4) is 0 Å². The second kappa shape index (κ2) is 6.14. The van der Waals surface area contributed by atoms with E-state index in [4.69, 9.17) is 23.2 Å². The van der Waals surface area contributed by atoms with Crippen molar-refractivity contribution in [3.05, 3.63) is 69.4 Å². The summed E-state index contributed by atoms with van der Waals surface area (Å²) in [5.74, 6) is -0.651. The number of allylic oxidation sites excluding steroid dienone is 3. The van der Waals surface area contributed by atoms with Crippen molar-refractivity contribution in [3.63, 3.8) is 0 Å². The van der Waals surface area contributed by atoms with E-state index >= 15 is 0 Å². The van der Waals surface area contributed by atoms with Crippen molar-refractivity contribution < 1.29 is 9.59 Å². The van der Waals surface area contributed by atoms with E-state index in [9.17, 15) is 9.59 Å². The lowest BCUT2D eigenvalue weighted by atomic mass is 9.89. The van der Waals surface area contributed by atoms with Gasteiger partial charge in [-0.05, 0) is 37.3 Å². The zero-order valence-electron chi connectivity index (χ0n) is 12.1. The van der Waals surface area contributed by atoms with Gasteiger partial charge in [-0.3, -0.25) is 9.59 Å². The minimum atomic E-state index is -0.484. The molecule has 1 aromatic rings. The quantitative estimate of drug-likeness (QED) is 0.842. The summed E-state index contributed by atoms with van der Waals surface area (Å²) >= 11 is 11.9. The summed E-state index contributed by atoms with van der Waals surface area (Å²) in [5.41, 5.74) is 2.34. The number of aliphatic imine (C=N–C) groups is 1. The van der Waals surface area contributed by atoms with Crippen LogP contribution in [0.2, 0.25) is 10.0 Å². The molecule has 0 saturated heterocycles. The Labute approximate surface area is 143 Å². The third-order valence-electron chi connectivity index (χ3n) is 3.60. The van der Waals surface area contributed by atoms with E-state index in [1.165, 1.54) is 6.07 Å². The van der Waals surface area contributed by atoms with Gasteiger partial charge in [0.15, 0.2) is 0 Å². The largest absolute Gasteiger partial charge is 0.325 e. The smallest absolute Gasteiger partial charge is 0.279 e. The van der Waals surface area contributed by atoms with Crippen molar-refractivity contribution in [2.75, 3.05) is 0 Å². The van der Waals surface area contributed by atoms with Crippen LogP contribution in [0.15, 0.2) is 58.8 Å². The summed E-state index contributed by atoms with van der Waals surface area (Å²) in [6, 6.07) is 4.64. The first kappa shape index (κ1) is 15.7. The van der Waals surface area contributed by atoms with Gasteiger partial charge >= 0.3 is 0 Å². The summed E-state index contributed by atoms with van der Waals surface area (Å²) in [7, 11) is 0. The number of hydrogen-bond donors (Lipinski definition) is 1. The van der Waals surface area contributed by atoms with Crippen molar-refractivity contribution in [2.45, 2.75) is 6.92 Å². The normalized spacial score (nSPS) is 21.4. The third kappa shape index (κ3) is 3.28. The highest BCUT2D eigenvalue weighted by atomic mass is 35.5. The molecule has 1 heterocycles. The van der Waals surface area contributed by atoms with Gasteiger partial charge in [0.25, 0.3) is 5.91 Å². The second-order valence-electron chi connectivity index (χ2n) is 5.28. The highest BCUT2D eigenvalue weighted by molar-refractivity contribution is 6.36. The number of carbonyl (C=O) groups is 2. The van der Waals surface area contributed by atoms with Crippen LogP contribution >= 0.6 is 23.2 Å². The van der Waals surface area contributed by atoms with Crippen LogP contribution in [0.1, 0.15) is 17.3 Å². The maximum absolute atomic E-state index is 12.3. The van der Waals surface area contributed by atoms with Crippen molar-refractivity contribution in [1.82, 2.24) is 5.32 Å². The standard InChI is InChI=1S/C17H12Cl2N2O2/c1-9-6-16(22)21-15-8-11(3-4-12(9)15)20-17(23)13-7-10(18)2-5-14(13)19/h2-8,12H,1H3,(H,21,22). The first-order valence-corrected chi connectivity index (χ1v) is 7.66. The van der Waals surface area contributed by atoms with Crippen LogP contribution in [0.5, 0.6) is 0 Å². The van der Waals surface area contributed by atoms with E-state index in [2.05, 4.69) is 10.3 Å². The number of hydrogen-bond acceptors (Lipinski definition) is 2. The number of carbonyl (C=O) groups excluding carboxylic acids is 2. The molecule has 2 aliphatic rings. The van der Waals surface area contributed by atoms with Crippen LogP contribution in [-0.4, -0.2) is 17.5 Å². The Morgan fingerprint density at radius 3 is 2.83 bits per heavy atom. The predicted octanol–water partition coefficient (Wildman–Crippen LogP) is 3.72. The molecule has 1 aromatic carbocycles. The second-order valence-corrected chi connectivity index (χ2v) is 6.12. The number of halogens is 2. The summed E-state index contributed by atoms with van der Waals surface area (Å²) < 4.78 is 0. The Morgan fingerprint density at radius 2 is 2.04 bits per heavy atom. The molecule has 2 amide bonds. The van der Waals surface area contributed by atoms with Crippen molar-refractivity contribution in [1.29, 1.82) is 0 Å². The third-order valence-corrected chi connectivity index (χ3v) is 4.17. The highest BCUT2D eigenvalue weighted by Crippen LogP contribution is 2.27. The molecular weight excluding hydrogens is 335 g/mol. The van der Waals surface area contributed by atoms with Gasteiger partial charge in [-0.1, -0.05) is 34.9 Å². The van der Waals surface area contributed by atoms with Gasteiger partial charge in [0.05, 0.1) is 16.3 Å². The molecule has 3 rings (SSSR count). The van der Waals surface area contributed by atoms with Gasteiger partial charge in [-0.25, -0.2) is 4.99 Å². The fourth-order valence-corrected chi connectivity index (χ4v) is 2.86. The molecule has 1 aliphatic carbocycles. The topological polar surface area (TPSA) is 58.5 Å². The summed E-state index contributed by atoms with van der Waals surface area (Å²) in [4.78, 5) is 27.9. The molecule has 0 spiro atoms.